The zero-order valence-corrected chi connectivity index (χ0v) is 20.5. The van der Waals surface area contributed by atoms with E-state index >= 15 is 0 Å². The lowest BCUT2D eigenvalue weighted by molar-refractivity contribution is -0.182. The second-order valence-corrected chi connectivity index (χ2v) is 10.2. The van der Waals surface area contributed by atoms with Crippen LogP contribution in [0, 0.1) is 22.7 Å². The Hall–Kier alpha value is -3.58. The molecule has 0 bridgehead atoms. The predicted octanol–water partition coefficient (Wildman–Crippen LogP) is 2.78. The molecule has 1 aliphatic carbocycles. The van der Waals surface area contributed by atoms with Gasteiger partial charge in [0.05, 0.1) is 18.2 Å². The highest BCUT2D eigenvalue weighted by Crippen LogP contribution is 2.47. The second kappa shape index (κ2) is 10.2. The van der Waals surface area contributed by atoms with Crippen molar-refractivity contribution in [2.45, 2.75) is 51.5 Å². The summed E-state index contributed by atoms with van der Waals surface area (Å²) in [6, 6.07) is 5.26. The Bertz CT molecular complexity index is 1170. The standard InChI is InChI=1S/C26H31N7O3/c1-26(6-7-26)8-10-29-23(34)21-2-9-30-25(31-21)32-11-3-19(4-12-32)24(35)33-22(5-13-36-33)20-14-18(15-27)16-28-17-20/h2,9,14,16-17,19,22H,3-8,10-13H2,1H3,(H,29,34)/t22-/m0/s1. The molecule has 188 valence electrons. The van der Waals surface area contributed by atoms with Gasteiger partial charge in [-0.25, -0.2) is 15.0 Å². The Balaban J connectivity index is 1.17. The molecule has 10 nitrogen and oxygen atoms in total. The number of carbonyl (C=O) groups is 2. The van der Waals surface area contributed by atoms with Crippen LogP contribution in [0.1, 0.15) is 73.1 Å². The number of nitrogens with zero attached hydrogens (tertiary/aromatic N) is 6. The van der Waals surface area contributed by atoms with E-state index in [1.54, 1.807) is 24.5 Å². The van der Waals surface area contributed by atoms with Crippen LogP contribution in [0.2, 0.25) is 0 Å². The van der Waals surface area contributed by atoms with Gasteiger partial charge in [-0.3, -0.25) is 19.4 Å². The first-order valence-corrected chi connectivity index (χ1v) is 12.6. The minimum absolute atomic E-state index is 0.0436. The van der Waals surface area contributed by atoms with Crippen LogP contribution in [0.3, 0.4) is 0 Å². The van der Waals surface area contributed by atoms with Gasteiger partial charge >= 0.3 is 0 Å². The molecule has 2 saturated heterocycles. The number of pyridine rings is 1. The topological polar surface area (TPSA) is 124 Å². The summed E-state index contributed by atoms with van der Waals surface area (Å²) in [5.74, 6) is 0.111. The van der Waals surface area contributed by atoms with Crippen molar-refractivity contribution in [3.05, 3.63) is 47.5 Å². The van der Waals surface area contributed by atoms with E-state index in [2.05, 4.69) is 33.3 Å². The van der Waals surface area contributed by atoms with Gasteiger partial charge in [0, 0.05) is 50.6 Å². The van der Waals surface area contributed by atoms with Crippen LogP contribution in [0.5, 0.6) is 0 Å². The van der Waals surface area contributed by atoms with Gasteiger partial charge in [0.2, 0.25) is 11.9 Å². The molecule has 0 radical (unpaired) electrons. The molecule has 2 amide bonds. The van der Waals surface area contributed by atoms with Crippen molar-refractivity contribution >= 4 is 17.8 Å². The Morgan fingerprint density at radius 2 is 2.06 bits per heavy atom. The van der Waals surface area contributed by atoms with E-state index in [0.717, 1.165) is 12.0 Å². The summed E-state index contributed by atoms with van der Waals surface area (Å²) in [5.41, 5.74) is 2.03. The molecule has 1 atom stereocenters. The Morgan fingerprint density at radius 1 is 1.25 bits per heavy atom. The zero-order valence-electron chi connectivity index (χ0n) is 20.5. The number of hydroxylamine groups is 2. The van der Waals surface area contributed by atoms with Crippen LogP contribution in [0.25, 0.3) is 0 Å². The number of aromatic nitrogens is 3. The molecule has 0 aromatic carbocycles. The number of anilines is 1. The molecule has 2 aromatic rings. The molecule has 4 heterocycles. The first-order chi connectivity index (χ1) is 17.5. The minimum atomic E-state index is -0.239. The highest BCUT2D eigenvalue weighted by Gasteiger charge is 2.38. The summed E-state index contributed by atoms with van der Waals surface area (Å²) in [4.78, 5) is 46.6. The fourth-order valence-corrected chi connectivity index (χ4v) is 4.86. The number of carbonyl (C=O) groups excluding carboxylic acids is 2. The van der Waals surface area contributed by atoms with Crippen molar-refractivity contribution in [2.24, 2.45) is 11.3 Å². The fraction of sp³-hybridized carbons (Fsp3) is 0.538. The lowest BCUT2D eigenvalue weighted by Crippen LogP contribution is -2.42. The maximum absolute atomic E-state index is 13.3. The molecule has 3 aliphatic rings. The van der Waals surface area contributed by atoms with Gasteiger partial charge < -0.3 is 10.2 Å². The van der Waals surface area contributed by atoms with Crippen LogP contribution in [0.15, 0.2) is 30.7 Å². The van der Waals surface area contributed by atoms with Gasteiger partial charge in [-0.05, 0) is 55.2 Å². The lowest BCUT2D eigenvalue weighted by Gasteiger charge is -2.34. The number of hydrogen-bond acceptors (Lipinski definition) is 8. The van der Waals surface area contributed by atoms with Gasteiger partial charge in [-0.15, -0.1) is 0 Å². The largest absolute Gasteiger partial charge is 0.351 e. The maximum atomic E-state index is 13.3. The summed E-state index contributed by atoms with van der Waals surface area (Å²) in [7, 11) is 0. The summed E-state index contributed by atoms with van der Waals surface area (Å²) < 4.78 is 0. The van der Waals surface area contributed by atoms with Crippen LogP contribution < -0.4 is 10.2 Å². The van der Waals surface area contributed by atoms with Crippen LogP contribution >= 0.6 is 0 Å². The second-order valence-electron chi connectivity index (χ2n) is 10.2. The number of nitrogens with one attached hydrogen (secondary N) is 1. The van der Waals surface area contributed by atoms with E-state index in [1.165, 1.54) is 24.1 Å². The predicted molar refractivity (Wildman–Crippen MR) is 130 cm³/mol. The quantitative estimate of drug-likeness (QED) is 0.630. The third-order valence-electron chi connectivity index (χ3n) is 7.52. The van der Waals surface area contributed by atoms with Crippen molar-refractivity contribution in [3.63, 3.8) is 0 Å². The smallest absolute Gasteiger partial charge is 0.270 e. The molecule has 36 heavy (non-hydrogen) atoms. The average Bonchev–Trinajstić information content (AvgIpc) is 3.45. The third kappa shape index (κ3) is 5.31. The fourth-order valence-electron chi connectivity index (χ4n) is 4.86. The molecule has 5 rings (SSSR count). The van der Waals surface area contributed by atoms with Gasteiger partial charge in [-0.1, -0.05) is 6.92 Å². The first-order valence-electron chi connectivity index (χ1n) is 12.6. The van der Waals surface area contributed by atoms with Gasteiger partial charge in [0.15, 0.2) is 0 Å². The van der Waals surface area contributed by atoms with Gasteiger partial charge in [0.25, 0.3) is 5.91 Å². The van der Waals surface area contributed by atoms with Crippen molar-refractivity contribution in [1.29, 1.82) is 5.26 Å². The van der Waals surface area contributed by atoms with E-state index in [0.29, 0.717) is 68.1 Å². The van der Waals surface area contributed by atoms with E-state index in [1.807, 2.05) is 4.90 Å². The number of piperidine rings is 1. The Labute approximate surface area is 210 Å². The SMILES string of the molecule is CC1(CCNC(=O)c2ccnc(N3CCC(C(=O)N4OCC[C@H]4c4cncc(C#N)c4)CC3)n2)CC1. The third-order valence-corrected chi connectivity index (χ3v) is 7.52. The van der Waals surface area contributed by atoms with E-state index in [-0.39, 0.29) is 23.8 Å². The molecular formula is C26H31N7O3. The summed E-state index contributed by atoms with van der Waals surface area (Å²) >= 11 is 0. The first kappa shape index (κ1) is 24.1. The minimum Gasteiger partial charge on any atom is -0.351 e. The van der Waals surface area contributed by atoms with E-state index in [4.69, 9.17) is 4.84 Å². The normalized spacial score (nSPS) is 21.2. The molecule has 0 unspecified atom stereocenters. The van der Waals surface area contributed by atoms with Crippen molar-refractivity contribution < 1.29 is 14.4 Å². The molecule has 3 fully saturated rings. The monoisotopic (exact) mass is 489 g/mol. The highest BCUT2D eigenvalue weighted by molar-refractivity contribution is 5.92. The van der Waals surface area contributed by atoms with Crippen LogP contribution in [-0.4, -0.2) is 58.1 Å². The molecular weight excluding hydrogens is 458 g/mol. The Morgan fingerprint density at radius 3 is 2.81 bits per heavy atom. The van der Waals surface area contributed by atoms with Gasteiger partial charge in [0.1, 0.15) is 11.8 Å². The van der Waals surface area contributed by atoms with E-state index in [9.17, 15) is 14.9 Å². The molecule has 1 N–H and O–H groups in total. The number of hydrogen-bond donors (Lipinski definition) is 1. The maximum Gasteiger partial charge on any atom is 0.270 e. The molecule has 0 spiro atoms. The van der Waals surface area contributed by atoms with Crippen LogP contribution in [0.4, 0.5) is 5.95 Å². The summed E-state index contributed by atoms with van der Waals surface area (Å²) in [6.45, 7) is 4.58. The number of rotatable bonds is 7. The average molecular weight is 490 g/mol. The molecule has 1 saturated carbocycles. The molecule has 10 heteroatoms. The number of nitriles is 1. The summed E-state index contributed by atoms with van der Waals surface area (Å²) in [6.07, 6.45) is 10.2. The number of amides is 2. The highest BCUT2D eigenvalue weighted by atomic mass is 16.7. The summed E-state index contributed by atoms with van der Waals surface area (Å²) in [5, 5.41) is 13.6. The zero-order chi connectivity index (χ0) is 25.1. The van der Waals surface area contributed by atoms with Crippen molar-refractivity contribution in [2.75, 3.05) is 31.1 Å². The van der Waals surface area contributed by atoms with Crippen molar-refractivity contribution in [3.8, 4) is 6.07 Å². The van der Waals surface area contributed by atoms with Gasteiger partial charge in [-0.2, -0.15) is 5.26 Å². The molecule has 2 aliphatic heterocycles. The van der Waals surface area contributed by atoms with E-state index < -0.39 is 0 Å². The van der Waals surface area contributed by atoms with Crippen molar-refractivity contribution in [1.82, 2.24) is 25.3 Å². The van der Waals surface area contributed by atoms with Crippen LogP contribution in [-0.2, 0) is 9.63 Å². The molecule has 2 aromatic heterocycles. The lowest BCUT2D eigenvalue weighted by atomic mass is 9.94. The Kier molecular flexibility index (Phi) is 6.83.